The van der Waals surface area contributed by atoms with Gasteiger partial charge in [-0.3, -0.25) is 0 Å². The summed E-state index contributed by atoms with van der Waals surface area (Å²) in [5.74, 6) is 0. The van der Waals surface area contributed by atoms with Crippen molar-refractivity contribution >= 4 is 17.3 Å². The summed E-state index contributed by atoms with van der Waals surface area (Å²) in [7, 11) is 2.20. The summed E-state index contributed by atoms with van der Waals surface area (Å²) in [5.41, 5.74) is 8.43. The fraction of sp³-hybridized carbons (Fsp3) is 0.647. The molecule has 1 fully saturated rings. The second-order valence-corrected chi connectivity index (χ2v) is 6.71. The van der Waals surface area contributed by atoms with E-state index in [1.807, 2.05) is 0 Å². The normalized spacial score (nSPS) is 22.1. The van der Waals surface area contributed by atoms with Crippen molar-refractivity contribution < 1.29 is 0 Å². The van der Waals surface area contributed by atoms with Gasteiger partial charge in [-0.15, -0.1) is 0 Å². The monoisotopic (exact) mass is 309 g/mol. The van der Waals surface area contributed by atoms with Crippen molar-refractivity contribution in [3.63, 3.8) is 0 Å². The van der Waals surface area contributed by atoms with Gasteiger partial charge in [0, 0.05) is 35.9 Å². The van der Waals surface area contributed by atoms with Gasteiger partial charge in [-0.05, 0) is 57.5 Å². The molecule has 0 amide bonds. The van der Waals surface area contributed by atoms with E-state index < -0.39 is 0 Å². The first kappa shape index (κ1) is 16.6. The molecule has 1 aliphatic rings. The molecule has 2 unspecified atom stereocenters. The highest BCUT2D eigenvalue weighted by Gasteiger charge is 2.20. The Hall–Kier alpha value is -0.770. The van der Waals surface area contributed by atoms with Crippen molar-refractivity contribution in [1.82, 2.24) is 4.90 Å². The molecule has 3 nitrogen and oxygen atoms in total. The van der Waals surface area contributed by atoms with E-state index in [9.17, 15) is 0 Å². The third-order valence-corrected chi connectivity index (χ3v) is 4.77. The largest absolute Gasteiger partial charge is 0.367 e. The minimum Gasteiger partial charge on any atom is -0.367 e. The zero-order valence-electron chi connectivity index (χ0n) is 13.5. The van der Waals surface area contributed by atoms with Gasteiger partial charge in [0.15, 0.2) is 0 Å². The predicted octanol–water partition coefficient (Wildman–Crippen LogP) is 3.15. The summed E-state index contributed by atoms with van der Waals surface area (Å²) in [6.45, 7) is 7.76. The number of likely N-dealkylation sites (N-methyl/N-ethyl adjacent to an activating group) is 1. The smallest absolute Gasteiger partial charge is 0.0459 e. The quantitative estimate of drug-likeness (QED) is 0.927. The van der Waals surface area contributed by atoms with E-state index in [0.29, 0.717) is 6.04 Å². The van der Waals surface area contributed by atoms with Crippen LogP contribution in [0.25, 0.3) is 0 Å². The topological polar surface area (TPSA) is 32.5 Å². The number of nitrogens with zero attached hydrogens (tertiary/aromatic N) is 2. The molecule has 1 aromatic rings. The number of rotatable bonds is 4. The number of hydrogen-bond donors (Lipinski definition) is 1. The number of anilines is 1. The van der Waals surface area contributed by atoms with Gasteiger partial charge in [0.1, 0.15) is 0 Å². The zero-order chi connectivity index (χ0) is 15.4. The van der Waals surface area contributed by atoms with Crippen LogP contribution < -0.4 is 10.6 Å². The molecule has 2 N–H and O–H groups in total. The van der Waals surface area contributed by atoms with E-state index in [0.717, 1.165) is 43.1 Å². The molecule has 2 atom stereocenters. The van der Waals surface area contributed by atoms with Gasteiger partial charge in [0.05, 0.1) is 0 Å². The zero-order valence-corrected chi connectivity index (χ0v) is 14.2. The molecule has 0 aromatic heterocycles. The Morgan fingerprint density at radius 3 is 2.81 bits per heavy atom. The molecule has 21 heavy (non-hydrogen) atoms. The first-order chi connectivity index (χ1) is 10.0. The lowest BCUT2D eigenvalue weighted by molar-refractivity contribution is 0.337. The van der Waals surface area contributed by atoms with E-state index in [2.05, 4.69) is 48.9 Å². The van der Waals surface area contributed by atoms with Crippen molar-refractivity contribution in [2.24, 2.45) is 5.73 Å². The van der Waals surface area contributed by atoms with Crippen LogP contribution in [0.2, 0.25) is 5.02 Å². The van der Waals surface area contributed by atoms with E-state index in [1.54, 1.807) is 0 Å². The Morgan fingerprint density at radius 2 is 2.14 bits per heavy atom. The molecule has 1 aliphatic heterocycles. The Balaban J connectivity index is 2.15. The summed E-state index contributed by atoms with van der Waals surface area (Å²) >= 11 is 6.47. The molecular weight excluding hydrogens is 282 g/mol. The molecule has 0 aliphatic carbocycles. The van der Waals surface area contributed by atoms with Crippen molar-refractivity contribution in [1.29, 1.82) is 0 Å². The average Bonchev–Trinajstić information content (AvgIpc) is 2.61. The molecular formula is C17H28ClN3. The highest BCUT2D eigenvalue weighted by molar-refractivity contribution is 6.31. The number of hydrogen-bond acceptors (Lipinski definition) is 3. The molecule has 4 heteroatoms. The lowest BCUT2D eigenvalue weighted by Gasteiger charge is -2.30. The second kappa shape index (κ2) is 7.48. The van der Waals surface area contributed by atoms with Crippen LogP contribution in [-0.2, 0) is 6.42 Å². The lowest BCUT2D eigenvalue weighted by atomic mass is 10.0. The average molecular weight is 310 g/mol. The number of halogens is 1. The molecule has 1 heterocycles. The highest BCUT2D eigenvalue weighted by atomic mass is 35.5. The molecule has 0 spiro atoms. The van der Waals surface area contributed by atoms with Crippen LogP contribution in [0.3, 0.4) is 0 Å². The molecule has 0 saturated carbocycles. The van der Waals surface area contributed by atoms with Crippen LogP contribution in [0.5, 0.6) is 0 Å². The van der Waals surface area contributed by atoms with Crippen LogP contribution >= 0.6 is 11.6 Å². The van der Waals surface area contributed by atoms with Gasteiger partial charge < -0.3 is 15.5 Å². The number of benzene rings is 1. The van der Waals surface area contributed by atoms with Crippen LogP contribution in [0, 0.1) is 0 Å². The molecule has 118 valence electrons. The van der Waals surface area contributed by atoms with Crippen LogP contribution in [0.15, 0.2) is 18.2 Å². The SMILES string of the molecule is CCC(N)Cc1ccc(N2CCCN(C)CC2C)cc1Cl. The predicted molar refractivity (Wildman–Crippen MR) is 92.3 cm³/mol. The van der Waals surface area contributed by atoms with Crippen molar-refractivity contribution in [3.8, 4) is 0 Å². The van der Waals surface area contributed by atoms with Crippen LogP contribution in [0.1, 0.15) is 32.3 Å². The molecule has 1 aromatic carbocycles. The molecule has 1 saturated heterocycles. The summed E-state index contributed by atoms with van der Waals surface area (Å²) in [5, 5.41) is 0.848. The molecule has 0 bridgehead atoms. The Bertz CT molecular complexity index is 463. The first-order valence-electron chi connectivity index (χ1n) is 8.00. The minimum atomic E-state index is 0.194. The maximum Gasteiger partial charge on any atom is 0.0459 e. The van der Waals surface area contributed by atoms with E-state index in [4.69, 9.17) is 17.3 Å². The standard InChI is InChI=1S/C17H28ClN3/c1-4-15(19)10-14-6-7-16(11-17(14)18)21-9-5-8-20(3)12-13(21)2/h6-7,11,13,15H,4-5,8-10,12,19H2,1-3H3. The fourth-order valence-electron chi connectivity index (χ4n) is 3.06. The van der Waals surface area contributed by atoms with Crippen molar-refractivity contribution in [2.75, 3.05) is 31.6 Å². The molecule has 2 rings (SSSR count). The van der Waals surface area contributed by atoms with Gasteiger partial charge in [-0.25, -0.2) is 0 Å². The Kier molecular flexibility index (Phi) is 5.91. The number of nitrogens with two attached hydrogens (primary N) is 1. The van der Waals surface area contributed by atoms with Crippen molar-refractivity contribution in [3.05, 3.63) is 28.8 Å². The third kappa shape index (κ3) is 4.35. The first-order valence-corrected chi connectivity index (χ1v) is 8.38. The summed E-state index contributed by atoms with van der Waals surface area (Å²) in [6, 6.07) is 7.16. The summed E-state index contributed by atoms with van der Waals surface area (Å²) in [4.78, 5) is 4.87. The van der Waals surface area contributed by atoms with E-state index in [-0.39, 0.29) is 6.04 Å². The van der Waals surface area contributed by atoms with E-state index >= 15 is 0 Å². The van der Waals surface area contributed by atoms with E-state index in [1.165, 1.54) is 12.1 Å². The second-order valence-electron chi connectivity index (χ2n) is 6.31. The maximum absolute atomic E-state index is 6.47. The fourth-order valence-corrected chi connectivity index (χ4v) is 3.32. The summed E-state index contributed by atoms with van der Waals surface area (Å²) in [6.07, 6.45) is 3.03. The van der Waals surface area contributed by atoms with Gasteiger partial charge in [-0.1, -0.05) is 24.6 Å². The Morgan fingerprint density at radius 1 is 1.38 bits per heavy atom. The van der Waals surface area contributed by atoms with Crippen molar-refractivity contribution in [2.45, 2.75) is 45.2 Å². The minimum absolute atomic E-state index is 0.194. The van der Waals surface area contributed by atoms with Gasteiger partial charge in [-0.2, -0.15) is 0 Å². The van der Waals surface area contributed by atoms with Gasteiger partial charge in [0.25, 0.3) is 0 Å². The Labute approximate surface area is 134 Å². The van der Waals surface area contributed by atoms with Gasteiger partial charge >= 0.3 is 0 Å². The van der Waals surface area contributed by atoms with Crippen LogP contribution in [-0.4, -0.2) is 43.7 Å². The van der Waals surface area contributed by atoms with Crippen LogP contribution in [0.4, 0.5) is 5.69 Å². The lowest BCUT2D eigenvalue weighted by Crippen LogP contribution is -2.37. The maximum atomic E-state index is 6.47. The molecule has 0 radical (unpaired) electrons. The third-order valence-electron chi connectivity index (χ3n) is 4.42. The highest BCUT2D eigenvalue weighted by Crippen LogP contribution is 2.27. The summed E-state index contributed by atoms with van der Waals surface area (Å²) < 4.78 is 0. The van der Waals surface area contributed by atoms with Gasteiger partial charge in [0.2, 0.25) is 0 Å².